The average molecular weight is 505 g/mol. The Morgan fingerprint density at radius 3 is 2.92 bits per heavy atom. The first-order valence-electron chi connectivity index (χ1n) is 12.3. The zero-order chi connectivity index (χ0) is 24.6. The number of thiophene rings is 1. The van der Waals surface area contributed by atoms with Gasteiger partial charge >= 0.3 is 0 Å². The summed E-state index contributed by atoms with van der Waals surface area (Å²) < 4.78 is 24.7. The van der Waals surface area contributed by atoms with Crippen LogP contribution in [0.1, 0.15) is 29.0 Å². The summed E-state index contributed by atoms with van der Waals surface area (Å²) in [5.74, 6) is 2.15. The molecular weight excluding hydrogens is 476 g/mol. The van der Waals surface area contributed by atoms with Crippen molar-refractivity contribution in [2.24, 2.45) is 0 Å². The lowest BCUT2D eigenvalue weighted by Crippen LogP contribution is -2.33. The number of fused-ring (bicyclic) bond motifs is 2. The maximum Gasteiger partial charge on any atom is 0.227 e. The molecule has 1 amide bonds. The molecule has 2 aliphatic rings. The minimum absolute atomic E-state index is 0.00676. The van der Waals surface area contributed by atoms with Crippen molar-refractivity contribution in [2.75, 3.05) is 26.4 Å². The van der Waals surface area contributed by atoms with Crippen molar-refractivity contribution in [1.29, 1.82) is 0 Å². The van der Waals surface area contributed by atoms with E-state index in [4.69, 9.17) is 18.7 Å². The number of ether oxygens (including phenoxy) is 3. The van der Waals surface area contributed by atoms with Crippen molar-refractivity contribution in [3.05, 3.63) is 64.4 Å². The molecule has 8 heteroatoms. The van der Waals surface area contributed by atoms with E-state index in [1.807, 2.05) is 18.7 Å². The van der Waals surface area contributed by atoms with Crippen LogP contribution in [-0.4, -0.2) is 48.4 Å². The molecule has 4 heterocycles. The van der Waals surface area contributed by atoms with Crippen molar-refractivity contribution >= 4 is 27.3 Å². The van der Waals surface area contributed by atoms with E-state index in [-0.39, 0.29) is 18.4 Å². The smallest absolute Gasteiger partial charge is 0.227 e. The van der Waals surface area contributed by atoms with Gasteiger partial charge in [-0.3, -0.25) is 4.79 Å². The number of rotatable bonds is 5. The summed E-state index contributed by atoms with van der Waals surface area (Å²) in [4.78, 5) is 15.2. The molecule has 1 saturated heterocycles. The quantitative estimate of drug-likeness (QED) is 0.367. The van der Waals surface area contributed by atoms with Crippen LogP contribution in [0.3, 0.4) is 0 Å². The van der Waals surface area contributed by atoms with Crippen molar-refractivity contribution in [2.45, 2.75) is 39.3 Å². The Bertz CT molecular complexity index is 1400. The Labute approximate surface area is 213 Å². The first-order chi connectivity index (χ1) is 17.6. The van der Waals surface area contributed by atoms with Crippen LogP contribution >= 0.6 is 11.3 Å². The lowest BCUT2D eigenvalue weighted by atomic mass is 10.0. The van der Waals surface area contributed by atoms with Crippen LogP contribution in [0.15, 0.2) is 46.3 Å². The van der Waals surface area contributed by atoms with Gasteiger partial charge < -0.3 is 23.6 Å². The molecular formula is C28H28N2O5S. The molecule has 6 rings (SSSR count). The van der Waals surface area contributed by atoms with E-state index in [2.05, 4.69) is 46.9 Å². The molecule has 7 nitrogen and oxygen atoms in total. The summed E-state index contributed by atoms with van der Waals surface area (Å²) in [6.45, 7) is 6.34. The Morgan fingerprint density at radius 2 is 2.11 bits per heavy atom. The number of amides is 1. The Morgan fingerprint density at radius 1 is 1.22 bits per heavy atom. The molecule has 2 aromatic carbocycles. The first kappa shape index (κ1) is 23.1. The Hall–Kier alpha value is -3.36. The van der Waals surface area contributed by atoms with Gasteiger partial charge in [0.05, 0.1) is 31.9 Å². The fourth-order valence-corrected chi connectivity index (χ4v) is 5.91. The van der Waals surface area contributed by atoms with Gasteiger partial charge in [0.15, 0.2) is 11.5 Å². The monoisotopic (exact) mass is 504 g/mol. The van der Waals surface area contributed by atoms with Gasteiger partial charge in [0.1, 0.15) is 18.5 Å². The topological polar surface area (TPSA) is 74.0 Å². The standard InChI is InChI=1S/C28H28N2O5S/c1-17-23(18(2)35-29-17)13-27(31)30-8-10-33-28-20(14-30)11-19(12-25(28)34-21-7-9-32-15-21)24-16-36-26-6-4-3-5-22(24)26/h3-6,11-12,16,21H,7-10,13-15H2,1-2H3. The molecule has 0 bridgehead atoms. The number of benzene rings is 2. The third-order valence-corrected chi connectivity index (χ3v) is 7.90. The van der Waals surface area contributed by atoms with Gasteiger partial charge in [-0.05, 0) is 43.0 Å². The molecule has 1 fully saturated rings. The van der Waals surface area contributed by atoms with E-state index >= 15 is 0 Å². The minimum Gasteiger partial charge on any atom is -0.487 e. The number of aryl methyl sites for hydroxylation is 2. The molecule has 0 spiro atoms. The predicted octanol–water partition coefficient (Wildman–Crippen LogP) is 5.30. The van der Waals surface area contributed by atoms with Crippen molar-refractivity contribution < 1.29 is 23.5 Å². The molecule has 1 atom stereocenters. The third-order valence-electron chi connectivity index (χ3n) is 6.94. The van der Waals surface area contributed by atoms with Crippen LogP contribution in [0.4, 0.5) is 0 Å². The summed E-state index contributed by atoms with van der Waals surface area (Å²) in [5, 5.41) is 7.39. The van der Waals surface area contributed by atoms with Crippen LogP contribution in [0.25, 0.3) is 21.2 Å². The van der Waals surface area contributed by atoms with Gasteiger partial charge in [0.25, 0.3) is 0 Å². The number of aromatic nitrogens is 1. The van der Waals surface area contributed by atoms with Crippen LogP contribution < -0.4 is 9.47 Å². The summed E-state index contributed by atoms with van der Waals surface area (Å²) in [6, 6.07) is 12.6. The zero-order valence-electron chi connectivity index (χ0n) is 20.4. The highest BCUT2D eigenvalue weighted by molar-refractivity contribution is 7.17. The van der Waals surface area contributed by atoms with Gasteiger partial charge in [0, 0.05) is 39.7 Å². The van der Waals surface area contributed by atoms with Crippen molar-refractivity contribution in [3.8, 4) is 22.6 Å². The third kappa shape index (κ3) is 4.35. The number of hydrogen-bond acceptors (Lipinski definition) is 7. The Kier molecular flexibility index (Phi) is 6.15. The number of carbonyl (C=O) groups is 1. The first-order valence-corrected chi connectivity index (χ1v) is 13.1. The second kappa shape index (κ2) is 9.59. The molecule has 4 aromatic rings. The fourth-order valence-electron chi connectivity index (χ4n) is 4.94. The lowest BCUT2D eigenvalue weighted by Gasteiger charge is -2.21. The highest BCUT2D eigenvalue weighted by atomic mass is 32.1. The number of carbonyl (C=O) groups excluding carboxylic acids is 1. The SMILES string of the molecule is Cc1noc(C)c1CC(=O)N1CCOc2c(cc(-c3csc4ccccc34)cc2OC2CCOC2)C1. The highest BCUT2D eigenvalue weighted by Crippen LogP contribution is 2.42. The summed E-state index contributed by atoms with van der Waals surface area (Å²) >= 11 is 1.73. The van der Waals surface area contributed by atoms with Gasteiger partial charge in [0.2, 0.25) is 5.91 Å². The minimum atomic E-state index is -0.00676. The molecule has 1 unspecified atom stereocenters. The van der Waals surface area contributed by atoms with Gasteiger partial charge in [-0.1, -0.05) is 23.4 Å². The number of nitrogens with zero attached hydrogens (tertiary/aromatic N) is 2. The van der Waals surface area contributed by atoms with E-state index in [0.717, 1.165) is 40.1 Å². The maximum atomic E-state index is 13.3. The molecule has 2 aromatic heterocycles. The van der Waals surface area contributed by atoms with Gasteiger partial charge in [-0.15, -0.1) is 11.3 Å². The van der Waals surface area contributed by atoms with E-state index in [9.17, 15) is 4.79 Å². The maximum absolute atomic E-state index is 13.3. The molecule has 0 aliphatic carbocycles. The van der Waals surface area contributed by atoms with E-state index < -0.39 is 0 Å². The fraction of sp³-hybridized carbons (Fsp3) is 0.357. The largest absolute Gasteiger partial charge is 0.487 e. The number of hydrogen-bond donors (Lipinski definition) is 0. The molecule has 186 valence electrons. The highest BCUT2D eigenvalue weighted by Gasteiger charge is 2.27. The van der Waals surface area contributed by atoms with Crippen molar-refractivity contribution in [3.63, 3.8) is 0 Å². The lowest BCUT2D eigenvalue weighted by molar-refractivity contribution is -0.131. The van der Waals surface area contributed by atoms with Gasteiger partial charge in [-0.2, -0.15) is 0 Å². The Balaban J connectivity index is 1.37. The molecule has 0 radical (unpaired) electrons. The van der Waals surface area contributed by atoms with Crippen LogP contribution in [0.5, 0.6) is 11.5 Å². The predicted molar refractivity (Wildman–Crippen MR) is 138 cm³/mol. The second-order valence-corrected chi connectivity index (χ2v) is 10.3. The normalized spacial score (nSPS) is 17.6. The van der Waals surface area contributed by atoms with Crippen molar-refractivity contribution in [1.82, 2.24) is 10.1 Å². The molecule has 2 aliphatic heterocycles. The van der Waals surface area contributed by atoms with E-state index in [0.29, 0.717) is 44.4 Å². The second-order valence-electron chi connectivity index (χ2n) is 9.35. The summed E-state index contributed by atoms with van der Waals surface area (Å²) in [7, 11) is 0. The van der Waals surface area contributed by atoms with Crippen LogP contribution in [-0.2, 0) is 22.5 Å². The van der Waals surface area contributed by atoms with Crippen LogP contribution in [0.2, 0.25) is 0 Å². The van der Waals surface area contributed by atoms with E-state index in [1.165, 1.54) is 10.1 Å². The van der Waals surface area contributed by atoms with Gasteiger partial charge in [-0.25, -0.2) is 0 Å². The average Bonchev–Trinajstić information content (AvgIpc) is 3.58. The van der Waals surface area contributed by atoms with Crippen LogP contribution in [0, 0.1) is 13.8 Å². The molecule has 0 N–H and O–H groups in total. The molecule has 0 saturated carbocycles. The summed E-state index contributed by atoms with van der Waals surface area (Å²) in [5.41, 5.74) is 4.77. The zero-order valence-corrected chi connectivity index (χ0v) is 21.2. The molecule has 36 heavy (non-hydrogen) atoms. The summed E-state index contributed by atoms with van der Waals surface area (Å²) in [6.07, 6.45) is 1.10. The van der Waals surface area contributed by atoms with E-state index in [1.54, 1.807) is 11.3 Å².